The normalized spacial score (nSPS) is 11.6. The molecule has 0 fully saturated rings. The minimum absolute atomic E-state index is 0.000988. The van der Waals surface area contributed by atoms with E-state index < -0.39 is 5.97 Å². The zero-order chi connectivity index (χ0) is 21.1. The Bertz CT molecular complexity index is 799. The number of esters is 1. The molecule has 0 spiro atoms. The Morgan fingerprint density at radius 2 is 1.86 bits per heavy atom. The highest BCUT2D eigenvalue weighted by atomic mass is 35.5. The molecular weight excluding hydrogens is 413 g/mol. The summed E-state index contributed by atoms with van der Waals surface area (Å²) in [5, 5.41) is 3.78. The number of carbonyl (C=O) groups is 2. The summed E-state index contributed by atoms with van der Waals surface area (Å²) in [6.45, 7) is 1.96. The summed E-state index contributed by atoms with van der Waals surface area (Å²) < 4.78 is 10.5. The summed E-state index contributed by atoms with van der Waals surface area (Å²) in [7, 11) is 0. The molecule has 2 aromatic carbocycles. The highest BCUT2D eigenvalue weighted by Crippen LogP contribution is 2.27. The van der Waals surface area contributed by atoms with Crippen LogP contribution in [0.15, 0.2) is 48.5 Å². The van der Waals surface area contributed by atoms with E-state index in [1.807, 2.05) is 25.1 Å². The van der Waals surface area contributed by atoms with Gasteiger partial charge in [-0.05, 0) is 49.9 Å². The first-order valence-corrected chi connectivity index (χ1v) is 10.3. The Labute approximate surface area is 181 Å². The van der Waals surface area contributed by atoms with Crippen LogP contribution in [-0.2, 0) is 20.7 Å². The topological polar surface area (TPSA) is 64.6 Å². The molecule has 0 saturated carbocycles. The minimum Gasteiger partial charge on any atom is -0.492 e. The Kier molecular flexibility index (Phi) is 9.81. The Hall–Kier alpha value is -2.24. The molecule has 2 rings (SSSR count). The molecule has 0 aliphatic rings. The maximum atomic E-state index is 11.9. The maximum Gasteiger partial charge on any atom is 0.306 e. The second kappa shape index (κ2) is 12.3. The molecule has 2 aromatic rings. The van der Waals surface area contributed by atoms with Crippen molar-refractivity contribution in [2.24, 2.45) is 0 Å². The van der Waals surface area contributed by atoms with Gasteiger partial charge in [0, 0.05) is 17.5 Å². The van der Waals surface area contributed by atoms with E-state index in [2.05, 4.69) is 17.4 Å². The number of hydrogen-bond donors (Lipinski definition) is 1. The molecule has 0 unspecified atom stereocenters. The van der Waals surface area contributed by atoms with E-state index >= 15 is 0 Å². The Balaban J connectivity index is 1.56. The van der Waals surface area contributed by atoms with Crippen LogP contribution in [0, 0.1) is 0 Å². The molecule has 0 heterocycles. The Morgan fingerprint density at radius 1 is 1.10 bits per heavy atom. The van der Waals surface area contributed by atoms with Gasteiger partial charge in [-0.1, -0.05) is 53.5 Å². The van der Waals surface area contributed by atoms with Crippen molar-refractivity contribution >= 4 is 35.1 Å². The molecule has 1 amide bonds. The molecule has 1 N–H and O–H groups in total. The first kappa shape index (κ1) is 23.0. The summed E-state index contributed by atoms with van der Waals surface area (Å²) in [5.74, 6) is -0.237. The van der Waals surface area contributed by atoms with Crippen molar-refractivity contribution in [2.75, 3.05) is 13.2 Å². The van der Waals surface area contributed by atoms with Crippen LogP contribution in [0.25, 0.3) is 0 Å². The van der Waals surface area contributed by atoms with Crippen LogP contribution in [0.4, 0.5) is 0 Å². The van der Waals surface area contributed by atoms with E-state index in [9.17, 15) is 9.59 Å². The predicted octanol–water partition coefficient (Wildman–Crippen LogP) is 4.83. The summed E-state index contributed by atoms with van der Waals surface area (Å²) in [6, 6.07) is 15.0. The van der Waals surface area contributed by atoms with E-state index in [0.29, 0.717) is 28.8 Å². The van der Waals surface area contributed by atoms with Gasteiger partial charge in [0.2, 0.25) is 0 Å². The third-order valence-electron chi connectivity index (χ3n) is 4.16. The molecule has 0 bridgehead atoms. The number of aryl methyl sites for hydroxylation is 1. The van der Waals surface area contributed by atoms with Gasteiger partial charge in [0.05, 0.1) is 11.6 Å². The van der Waals surface area contributed by atoms with E-state index in [4.69, 9.17) is 32.7 Å². The molecule has 156 valence electrons. The van der Waals surface area contributed by atoms with Gasteiger partial charge in [-0.3, -0.25) is 9.59 Å². The largest absolute Gasteiger partial charge is 0.492 e. The van der Waals surface area contributed by atoms with Crippen LogP contribution in [0.3, 0.4) is 0 Å². The van der Waals surface area contributed by atoms with E-state index in [1.54, 1.807) is 18.2 Å². The van der Waals surface area contributed by atoms with Crippen LogP contribution < -0.4 is 10.1 Å². The molecule has 0 aromatic heterocycles. The van der Waals surface area contributed by atoms with Gasteiger partial charge >= 0.3 is 5.97 Å². The van der Waals surface area contributed by atoms with Crippen molar-refractivity contribution in [1.82, 2.24) is 5.32 Å². The summed E-state index contributed by atoms with van der Waals surface area (Å²) >= 11 is 11.8. The van der Waals surface area contributed by atoms with Crippen molar-refractivity contribution in [3.63, 3.8) is 0 Å². The minimum atomic E-state index is -0.442. The lowest BCUT2D eigenvalue weighted by molar-refractivity contribution is -0.148. The van der Waals surface area contributed by atoms with Crippen LogP contribution in [0.2, 0.25) is 10.0 Å². The average molecular weight is 438 g/mol. The number of amides is 1. The third-order valence-corrected chi connectivity index (χ3v) is 4.69. The van der Waals surface area contributed by atoms with Gasteiger partial charge in [0.1, 0.15) is 5.75 Å². The number of carbonyl (C=O) groups excluding carboxylic acids is 2. The van der Waals surface area contributed by atoms with Crippen LogP contribution in [0.1, 0.15) is 31.7 Å². The highest BCUT2D eigenvalue weighted by molar-refractivity contribution is 6.35. The molecule has 5 nitrogen and oxygen atoms in total. The number of nitrogens with one attached hydrogen (secondary N) is 1. The van der Waals surface area contributed by atoms with Crippen molar-refractivity contribution in [2.45, 2.75) is 38.6 Å². The van der Waals surface area contributed by atoms with Crippen molar-refractivity contribution < 1.29 is 19.1 Å². The van der Waals surface area contributed by atoms with Crippen molar-refractivity contribution in [3.8, 4) is 5.75 Å². The van der Waals surface area contributed by atoms with Gasteiger partial charge in [0.15, 0.2) is 6.61 Å². The summed E-state index contributed by atoms with van der Waals surface area (Å²) in [6.07, 6.45) is 2.29. The fraction of sp³-hybridized carbons (Fsp3) is 0.364. The van der Waals surface area contributed by atoms with Crippen LogP contribution >= 0.6 is 23.2 Å². The molecule has 7 heteroatoms. The first-order valence-electron chi connectivity index (χ1n) is 9.51. The Morgan fingerprint density at radius 3 is 2.59 bits per heavy atom. The number of benzene rings is 2. The fourth-order valence-corrected chi connectivity index (χ4v) is 3.09. The molecule has 0 saturated heterocycles. The quantitative estimate of drug-likeness (QED) is 0.403. The molecule has 0 radical (unpaired) electrons. The lowest BCUT2D eigenvalue weighted by Crippen LogP contribution is -2.36. The number of halogens is 2. The standard InChI is InChI=1S/C22H25Cl2NO4/c1-16(9-10-17-6-3-2-4-7-17)25-21(26)15-29-22(27)8-5-13-28-20-12-11-18(23)14-19(20)24/h2-4,6-7,11-12,14,16H,5,8-10,13,15H2,1H3,(H,25,26)/t16-/m0/s1. The molecule has 29 heavy (non-hydrogen) atoms. The number of ether oxygens (including phenoxy) is 2. The van der Waals surface area contributed by atoms with Crippen molar-refractivity contribution in [3.05, 3.63) is 64.1 Å². The van der Waals surface area contributed by atoms with Gasteiger partial charge in [-0.2, -0.15) is 0 Å². The lowest BCUT2D eigenvalue weighted by atomic mass is 10.1. The first-order chi connectivity index (χ1) is 13.9. The highest BCUT2D eigenvalue weighted by Gasteiger charge is 2.11. The zero-order valence-electron chi connectivity index (χ0n) is 16.3. The van der Waals surface area contributed by atoms with Gasteiger partial charge < -0.3 is 14.8 Å². The number of hydrogen-bond acceptors (Lipinski definition) is 4. The number of rotatable bonds is 11. The van der Waals surface area contributed by atoms with E-state index in [1.165, 1.54) is 5.56 Å². The third kappa shape index (κ3) is 9.20. The second-order valence-electron chi connectivity index (χ2n) is 6.68. The maximum absolute atomic E-state index is 11.9. The predicted molar refractivity (Wildman–Crippen MR) is 115 cm³/mol. The average Bonchev–Trinajstić information content (AvgIpc) is 2.70. The molecule has 1 atom stereocenters. The van der Waals surface area contributed by atoms with Crippen molar-refractivity contribution in [1.29, 1.82) is 0 Å². The molecule has 0 aliphatic heterocycles. The molecular formula is C22H25Cl2NO4. The van der Waals surface area contributed by atoms with Gasteiger partial charge in [-0.25, -0.2) is 0 Å². The zero-order valence-corrected chi connectivity index (χ0v) is 17.8. The van der Waals surface area contributed by atoms with Gasteiger partial charge in [0.25, 0.3) is 5.91 Å². The smallest absolute Gasteiger partial charge is 0.306 e. The second-order valence-corrected chi connectivity index (χ2v) is 7.52. The van der Waals surface area contributed by atoms with Gasteiger partial charge in [-0.15, -0.1) is 0 Å². The van der Waals surface area contributed by atoms with Crippen LogP contribution in [0.5, 0.6) is 5.75 Å². The van der Waals surface area contributed by atoms with E-state index in [0.717, 1.165) is 12.8 Å². The summed E-state index contributed by atoms with van der Waals surface area (Å²) in [4.78, 5) is 23.7. The van der Waals surface area contributed by atoms with Crippen LogP contribution in [-0.4, -0.2) is 31.1 Å². The summed E-state index contributed by atoms with van der Waals surface area (Å²) in [5.41, 5.74) is 1.22. The SMILES string of the molecule is C[C@@H](CCc1ccccc1)NC(=O)COC(=O)CCCOc1ccc(Cl)cc1Cl. The lowest BCUT2D eigenvalue weighted by Gasteiger charge is -2.14. The molecule has 0 aliphatic carbocycles. The monoisotopic (exact) mass is 437 g/mol. The van der Waals surface area contributed by atoms with E-state index in [-0.39, 0.29) is 25.0 Å². The fourth-order valence-electron chi connectivity index (χ4n) is 2.63.